The molecule has 0 bridgehead atoms. The van der Waals surface area contributed by atoms with Crippen LogP contribution in [0, 0.1) is 5.92 Å². The molecule has 1 aliphatic rings. The van der Waals surface area contributed by atoms with Gasteiger partial charge in [-0.2, -0.15) is 0 Å². The summed E-state index contributed by atoms with van der Waals surface area (Å²) >= 11 is 0. The minimum absolute atomic E-state index is 0. The van der Waals surface area contributed by atoms with E-state index in [0.717, 1.165) is 12.3 Å². The van der Waals surface area contributed by atoms with E-state index >= 15 is 0 Å². The number of halogens is 1. The number of aliphatic hydroxyl groups is 1. The van der Waals surface area contributed by atoms with Gasteiger partial charge >= 0.3 is 0 Å². The van der Waals surface area contributed by atoms with Crippen LogP contribution in [-0.4, -0.2) is 17.8 Å². The van der Waals surface area contributed by atoms with E-state index in [-0.39, 0.29) is 25.1 Å². The molecule has 9 heavy (non-hydrogen) atoms. The van der Waals surface area contributed by atoms with Crippen LogP contribution in [0.3, 0.4) is 0 Å². The fourth-order valence-electron chi connectivity index (χ4n) is 0.909. The average Bonchev–Trinajstić information content (AvgIpc) is 2.45. The minimum Gasteiger partial charge on any atom is -0.396 e. The highest BCUT2D eigenvalue weighted by molar-refractivity contribution is 5.85. The van der Waals surface area contributed by atoms with E-state index in [1.54, 1.807) is 0 Å². The zero-order chi connectivity index (χ0) is 5.98. The monoisotopic (exact) mass is 151 g/mol. The highest BCUT2D eigenvalue weighted by atomic mass is 35.5. The van der Waals surface area contributed by atoms with Gasteiger partial charge in [0.2, 0.25) is 0 Å². The third kappa shape index (κ3) is 3.04. The standard InChI is InChI=1S/C6H13NO.ClH/c7-6(3-4-8)5-1-2-5;/h5-6,8H,1-4,7H2;1H/t6-;/m1./s1. The van der Waals surface area contributed by atoms with E-state index in [9.17, 15) is 0 Å². The van der Waals surface area contributed by atoms with Crippen molar-refractivity contribution < 1.29 is 5.11 Å². The van der Waals surface area contributed by atoms with Crippen LogP contribution >= 0.6 is 12.4 Å². The topological polar surface area (TPSA) is 46.2 Å². The Morgan fingerprint density at radius 3 is 2.44 bits per heavy atom. The van der Waals surface area contributed by atoms with Crippen molar-refractivity contribution in [1.29, 1.82) is 0 Å². The second-order valence-electron chi connectivity index (χ2n) is 2.51. The predicted octanol–water partition coefficient (Wildman–Crippen LogP) is 0.528. The summed E-state index contributed by atoms with van der Waals surface area (Å²) in [4.78, 5) is 0. The summed E-state index contributed by atoms with van der Waals surface area (Å²) in [6, 6.07) is 0.278. The van der Waals surface area contributed by atoms with Gasteiger partial charge in [0, 0.05) is 12.6 Å². The summed E-state index contributed by atoms with van der Waals surface area (Å²) in [5.74, 6) is 0.738. The number of rotatable bonds is 3. The van der Waals surface area contributed by atoms with Crippen molar-refractivity contribution >= 4 is 12.4 Å². The van der Waals surface area contributed by atoms with Crippen LogP contribution in [0.5, 0.6) is 0 Å². The number of hydrogen-bond acceptors (Lipinski definition) is 2. The van der Waals surface area contributed by atoms with E-state index in [1.165, 1.54) is 12.8 Å². The number of aliphatic hydroxyl groups excluding tert-OH is 1. The van der Waals surface area contributed by atoms with Crippen LogP contribution in [0.25, 0.3) is 0 Å². The molecule has 1 aliphatic carbocycles. The Balaban J connectivity index is 0.000000640. The van der Waals surface area contributed by atoms with E-state index in [0.29, 0.717) is 0 Å². The van der Waals surface area contributed by atoms with Crippen molar-refractivity contribution in [2.45, 2.75) is 25.3 Å². The van der Waals surface area contributed by atoms with Crippen LogP contribution in [-0.2, 0) is 0 Å². The van der Waals surface area contributed by atoms with E-state index < -0.39 is 0 Å². The van der Waals surface area contributed by atoms with Gasteiger partial charge in [-0.05, 0) is 25.2 Å². The normalized spacial score (nSPS) is 20.7. The van der Waals surface area contributed by atoms with Gasteiger partial charge in [-0.25, -0.2) is 0 Å². The lowest BCUT2D eigenvalue weighted by Crippen LogP contribution is -2.23. The minimum atomic E-state index is 0. The van der Waals surface area contributed by atoms with Gasteiger partial charge < -0.3 is 10.8 Å². The summed E-state index contributed by atoms with van der Waals surface area (Å²) in [6.07, 6.45) is 3.34. The first-order valence-corrected chi connectivity index (χ1v) is 3.21. The van der Waals surface area contributed by atoms with E-state index in [2.05, 4.69) is 0 Å². The van der Waals surface area contributed by atoms with E-state index in [1.807, 2.05) is 0 Å². The maximum atomic E-state index is 8.43. The molecule has 0 aromatic heterocycles. The van der Waals surface area contributed by atoms with Crippen molar-refractivity contribution in [2.24, 2.45) is 11.7 Å². The van der Waals surface area contributed by atoms with Crippen LogP contribution in [0.15, 0.2) is 0 Å². The molecule has 0 radical (unpaired) electrons. The SMILES string of the molecule is Cl.N[C@H](CCO)C1CC1. The maximum absolute atomic E-state index is 8.43. The molecule has 0 unspecified atom stereocenters. The predicted molar refractivity (Wildman–Crippen MR) is 39.7 cm³/mol. The zero-order valence-electron chi connectivity index (χ0n) is 5.42. The van der Waals surface area contributed by atoms with Crippen LogP contribution in [0.4, 0.5) is 0 Å². The summed E-state index contributed by atoms with van der Waals surface area (Å²) in [5.41, 5.74) is 5.63. The van der Waals surface area contributed by atoms with Crippen LogP contribution < -0.4 is 5.73 Å². The summed E-state index contributed by atoms with van der Waals surface area (Å²) < 4.78 is 0. The molecule has 1 fully saturated rings. The Bertz CT molecular complexity index is 75.5. The molecule has 3 N–H and O–H groups in total. The summed E-state index contributed by atoms with van der Waals surface area (Å²) in [5, 5.41) is 8.43. The number of nitrogens with two attached hydrogens (primary N) is 1. The summed E-state index contributed by atoms with van der Waals surface area (Å²) in [6.45, 7) is 0.248. The molecule has 0 spiro atoms. The second-order valence-corrected chi connectivity index (χ2v) is 2.51. The Morgan fingerprint density at radius 1 is 1.56 bits per heavy atom. The van der Waals surface area contributed by atoms with Crippen molar-refractivity contribution in [3.05, 3.63) is 0 Å². The van der Waals surface area contributed by atoms with Gasteiger partial charge in [0.05, 0.1) is 0 Å². The maximum Gasteiger partial charge on any atom is 0.0445 e. The Kier molecular flexibility index (Phi) is 4.19. The van der Waals surface area contributed by atoms with Crippen LogP contribution in [0.2, 0.25) is 0 Å². The zero-order valence-corrected chi connectivity index (χ0v) is 6.23. The van der Waals surface area contributed by atoms with Gasteiger partial charge in [-0.3, -0.25) is 0 Å². The highest BCUT2D eigenvalue weighted by Gasteiger charge is 2.27. The number of hydrogen-bond donors (Lipinski definition) is 2. The molecule has 0 amide bonds. The molecule has 0 aromatic rings. The first-order chi connectivity index (χ1) is 3.84. The average molecular weight is 152 g/mol. The molecule has 2 nitrogen and oxygen atoms in total. The summed E-state index contributed by atoms with van der Waals surface area (Å²) in [7, 11) is 0. The Hall–Kier alpha value is 0.210. The molecule has 1 rings (SSSR count). The molecular formula is C6H14ClNO. The van der Waals surface area contributed by atoms with Gasteiger partial charge in [-0.1, -0.05) is 0 Å². The van der Waals surface area contributed by atoms with Gasteiger partial charge in [-0.15, -0.1) is 12.4 Å². The van der Waals surface area contributed by atoms with Gasteiger partial charge in [0.15, 0.2) is 0 Å². The van der Waals surface area contributed by atoms with Crippen molar-refractivity contribution in [3.63, 3.8) is 0 Å². The lowest BCUT2D eigenvalue weighted by molar-refractivity contribution is 0.270. The largest absolute Gasteiger partial charge is 0.396 e. The molecule has 1 saturated carbocycles. The molecule has 1 atom stereocenters. The molecule has 0 aromatic carbocycles. The van der Waals surface area contributed by atoms with Crippen molar-refractivity contribution in [1.82, 2.24) is 0 Å². The third-order valence-electron chi connectivity index (χ3n) is 1.69. The quantitative estimate of drug-likeness (QED) is 0.618. The second kappa shape index (κ2) is 4.09. The fraction of sp³-hybridized carbons (Fsp3) is 1.00. The van der Waals surface area contributed by atoms with Crippen molar-refractivity contribution in [2.75, 3.05) is 6.61 Å². The first-order valence-electron chi connectivity index (χ1n) is 3.21. The fourth-order valence-corrected chi connectivity index (χ4v) is 0.909. The molecule has 0 aliphatic heterocycles. The highest BCUT2D eigenvalue weighted by Crippen LogP contribution is 2.32. The third-order valence-corrected chi connectivity index (χ3v) is 1.69. The Morgan fingerprint density at radius 2 is 2.11 bits per heavy atom. The lowest BCUT2D eigenvalue weighted by Gasteiger charge is -2.05. The van der Waals surface area contributed by atoms with E-state index in [4.69, 9.17) is 10.8 Å². The van der Waals surface area contributed by atoms with Gasteiger partial charge in [0.25, 0.3) is 0 Å². The molecule has 56 valence electrons. The van der Waals surface area contributed by atoms with Crippen LogP contribution in [0.1, 0.15) is 19.3 Å². The smallest absolute Gasteiger partial charge is 0.0445 e. The molecule has 0 heterocycles. The first kappa shape index (κ1) is 9.21. The lowest BCUT2D eigenvalue weighted by atomic mass is 10.1. The molecule has 0 saturated heterocycles. The Labute approximate surface area is 61.8 Å². The molecule has 3 heteroatoms. The van der Waals surface area contributed by atoms with Gasteiger partial charge in [0.1, 0.15) is 0 Å². The van der Waals surface area contributed by atoms with Crippen molar-refractivity contribution in [3.8, 4) is 0 Å². The molecular weight excluding hydrogens is 138 g/mol.